The molecule has 0 atom stereocenters. The predicted octanol–water partition coefficient (Wildman–Crippen LogP) is 3.25. The van der Waals surface area contributed by atoms with Crippen molar-refractivity contribution in [1.82, 2.24) is 15.2 Å². The lowest BCUT2D eigenvalue weighted by molar-refractivity contribution is 0.439. The molecular weight excluding hydrogens is 296 g/mol. The first kappa shape index (κ1) is 16.2. The summed E-state index contributed by atoms with van der Waals surface area (Å²) in [6.45, 7) is 4.64. The molecule has 0 fully saturated rings. The van der Waals surface area contributed by atoms with E-state index in [2.05, 4.69) is 69.6 Å². The molecule has 0 aliphatic carbocycles. The van der Waals surface area contributed by atoms with Crippen molar-refractivity contribution in [3.8, 4) is 0 Å². The molecule has 124 valence electrons. The number of aliphatic imine (C=N–C) groups is 1. The van der Waals surface area contributed by atoms with E-state index in [0.717, 1.165) is 31.2 Å². The molecule has 2 heterocycles. The molecule has 1 aliphatic heterocycles. The highest BCUT2D eigenvalue weighted by Gasteiger charge is 2.16. The quantitative estimate of drug-likeness (QED) is 0.697. The van der Waals surface area contributed by atoms with Crippen molar-refractivity contribution in [1.29, 1.82) is 0 Å². The Morgan fingerprint density at radius 3 is 2.71 bits per heavy atom. The van der Waals surface area contributed by atoms with Gasteiger partial charge in [0.25, 0.3) is 0 Å². The monoisotopic (exact) mass is 320 g/mol. The number of hydrogen-bond donors (Lipinski definition) is 1. The van der Waals surface area contributed by atoms with E-state index in [1.807, 2.05) is 19.3 Å². The van der Waals surface area contributed by atoms with Crippen LogP contribution in [0.1, 0.15) is 23.2 Å². The summed E-state index contributed by atoms with van der Waals surface area (Å²) in [6, 6.07) is 14.7. The van der Waals surface area contributed by atoms with Crippen molar-refractivity contribution in [2.45, 2.75) is 19.9 Å². The van der Waals surface area contributed by atoms with Gasteiger partial charge in [-0.15, -0.1) is 0 Å². The third-order valence-corrected chi connectivity index (χ3v) is 4.40. The van der Waals surface area contributed by atoms with Crippen molar-refractivity contribution in [2.75, 3.05) is 20.1 Å². The van der Waals surface area contributed by atoms with Crippen LogP contribution >= 0.6 is 0 Å². The molecule has 0 radical (unpaired) electrons. The summed E-state index contributed by atoms with van der Waals surface area (Å²) in [4.78, 5) is 11.1. The number of aromatic nitrogens is 1. The Morgan fingerprint density at radius 2 is 2.04 bits per heavy atom. The van der Waals surface area contributed by atoms with Crippen LogP contribution in [0.15, 0.2) is 59.7 Å². The van der Waals surface area contributed by atoms with Crippen LogP contribution in [-0.2, 0) is 6.54 Å². The SMILES string of the molecule is CN=C(NCc1ncccc1C)N1CC=C(c2ccccc2)CC1. The number of guanidine groups is 1. The van der Waals surface area contributed by atoms with Gasteiger partial charge in [-0.1, -0.05) is 42.5 Å². The highest BCUT2D eigenvalue weighted by molar-refractivity contribution is 5.81. The van der Waals surface area contributed by atoms with Crippen molar-refractivity contribution >= 4 is 11.5 Å². The van der Waals surface area contributed by atoms with Crippen LogP contribution in [0.5, 0.6) is 0 Å². The highest BCUT2D eigenvalue weighted by atomic mass is 15.3. The van der Waals surface area contributed by atoms with Crippen molar-refractivity contribution in [3.63, 3.8) is 0 Å². The fourth-order valence-corrected chi connectivity index (χ4v) is 2.97. The number of rotatable bonds is 3. The Labute approximate surface area is 144 Å². The van der Waals surface area contributed by atoms with E-state index in [-0.39, 0.29) is 0 Å². The van der Waals surface area contributed by atoms with E-state index in [0.29, 0.717) is 6.54 Å². The minimum Gasteiger partial charge on any atom is -0.351 e. The molecule has 0 spiro atoms. The minimum atomic E-state index is 0.700. The van der Waals surface area contributed by atoms with Gasteiger partial charge < -0.3 is 10.2 Å². The zero-order valence-corrected chi connectivity index (χ0v) is 14.4. The second-order valence-electron chi connectivity index (χ2n) is 5.96. The maximum absolute atomic E-state index is 4.43. The Kier molecular flexibility index (Phi) is 5.26. The maximum Gasteiger partial charge on any atom is 0.194 e. The zero-order chi connectivity index (χ0) is 16.8. The molecule has 24 heavy (non-hydrogen) atoms. The molecule has 0 amide bonds. The lowest BCUT2D eigenvalue weighted by Gasteiger charge is -2.29. The molecular formula is C20H24N4. The van der Waals surface area contributed by atoms with Crippen molar-refractivity contribution in [3.05, 3.63) is 71.6 Å². The molecule has 1 aromatic carbocycles. The Hall–Kier alpha value is -2.62. The minimum absolute atomic E-state index is 0.700. The zero-order valence-electron chi connectivity index (χ0n) is 14.4. The third kappa shape index (κ3) is 3.82. The lowest BCUT2D eigenvalue weighted by Crippen LogP contribution is -2.43. The van der Waals surface area contributed by atoms with Gasteiger partial charge in [0.15, 0.2) is 5.96 Å². The van der Waals surface area contributed by atoms with Gasteiger partial charge >= 0.3 is 0 Å². The summed E-state index contributed by atoms with van der Waals surface area (Å²) >= 11 is 0. The van der Waals surface area contributed by atoms with Crippen LogP contribution in [0, 0.1) is 6.92 Å². The molecule has 4 heteroatoms. The van der Waals surface area contributed by atoms with Gasteiger partial charge in [-0.3, -0.25) is 9.98 Å². The third-order valence-electron chi connectivity index (χ3n) is 4.40. The second kappa shape index (κ2) is 7.77. The summed E-state index contributed by atoms with van der Waals surface area (Å²) in [6.07, 6.45) is 5.17. The molecule has 0 bridgehead atoms. The van der Waals surface area contributed by atoms with Gasteiger partial charge in [0, 0.05) is 26.3 Å². The van der Waals surface area contributed by atoms with E-state index < -0.39 is 0 Å². The Morgan fingerprint density at radius 1 is 1.21 bits per heavy atom. The predicted molar refractivity (Wildman–Crippen MR) is 99.8 cm³/mol. The normalized spacial score (nSPS) is 15.2. The number of pyridine rings is 1. The molecule has 0 saturated heterocycles. The fraction of sp³-hybridized carbons (Fsp3) is 0.300. The number of hydrogen-bond acceptors (Lipinski definition) is 2. The summed E-state index contributed by atoms with van der Waals surface area (Å²) in [5.74, 6) is 0.934. The first-order chi connectivity index (χ1) is 11.8. The van der Waals surface area contributed by atoms with Gasteiger partial charge in [-0.25, -0.2) is 0 Å². The maximum atomic E-state index is 4.43. The van der Waals surface area contributed by atoms with Gasteiger partial charge in [0.2, 0.25) is 0 Å². The van der Waals surface area contributed by atoms with E-state index in [4.69, 9.17) is 0 Å². The van der Waals surface area contributed by atoms with Gasteiger partial charge in [0.05, 0.1) is 12.2 Å². The average molecular weight is 320 g/mol. The summed E-state index contributed by atoms with van der Waals surface area (Å²) < 4.78 is 0. The lowest BCUT2D eigenvalue weighted by atomic mass is 10.00. The standard InChI is InChI=1S/C20H24N4/c1-16-7-6-12-22-19(16)15-23-20(21-2)24-13-10-18(11-14-24)17-8-4-3-5-9-17/h3-10,12H,11,13-15H2,1-2H3,(H,21,23). The highest BCUT2D eigenvalue weighted by Crippen LogP contribution is 2.21. The van der Waals surface area contributed by atoms with E-state index >= 15 is 0 Å². The molecule has 0 unspecified atom stereocenters. The molecule has 1 aromatic heterocycles. The van der Waals surface area contributed by atoms with Gasteiger partial charge in [-0.05, 0) is 36.1 Å². The van der Waals surface area contributed by atoms with Crippen LogP contribution in [0.25, 0.3) is 5.57 Å². The van der Waals surface area contributed by atoms with E-state index in [1.54, 1.807) is 0 Å². The first-order valence-electron chi connectivity index (χ1n) is 8.38. The van der Waals surface area contributed by atoms with Crippen LogP contribution < -0.4 is 5.32 Å². The number of aryl methyl sites for hydroxylation is 1. The van der Waals surface area contributed by atoms with E-state index in [9.17, 15) is 0 Å². The smallest absolute Gasteiger partial charge is 0.194 e. The molecule has 4 nitrogen and oxygen atoms in total. The number of benzene rings is 1. The second-order valence-corrected chi connectivity index (χ2v) is 5.96. The van der Waals surface area contributed by atoms with E-state index in [1.165, 1.54) is 16.7 Å². The number of nitrogens with one attached hydrogen (secondary N) is 1. The van der Waals surface area contributed by atoms with Gasteiger partial charge in [0.1, 0.15) is 0 Å². The molecule has 2 aromatic rings. The Balaban J connectivity index is 1.62. The van der Waals surface area contributed by atoms with Crippen LogP contribution in [-0.4, -0.2) is 36.0 Å². The summed E-state index contributed by atoms with van der Waals surface area (Å²) in [7, 11) is 1.84. The molecule has 1 N–H and O–H groups in total. The van der Waals surface area contributed by atoms with Crippen molar-refractivity contribution < 1.29 is 0 Å². The van der Waals surface area contributed by atoms with Crippen LogP contribution in [0.2, 0.25) is 0 Å². The Bertz CT molecular complexity index is 734. The topological polar surface area (TPSA) is 40.5 Å². The molecule has 0 saturated carbocycles. The summed E-state index contributed by atoms with van der Waals surface area (Å²) in [5.41, 5.74) is 5.01. The van der Waals surface area contributed by atoms with Crippen molar-refractivity contribution in [2.24, 2.45) is 4.99 Å². The van der Waals surface area contributed by atoms with Crippen LogP contribution in [0.4, 0.5) is 0 Å². The number of nitrogens with zero attached hydrogens (tertiary/aromatic N) is 3. The van der Waals surface area contributed by atoms with Crippen LogP contribution in [0.3, 0.4) is 0 Å². The average Bonchev–Trinajstić information content (AvgIpc) is 2.65. The van der Waals surface area contributed by atoms with Gasteiger partial charge in [-0.2, -0.15) is 0 Å². The first-order valence-corrected chi connectivity index (χ1v) is 8.38. The molecule has 1 aliphatic rings. The summed E-state index contributed by atoms with van der Waals surface area (Å²) in [5, 5.41) is 3.44. The fourth-order valence-electron chi connectivity index (χ4n) is 2.97. The largest absolute Gasteiger partial charge is 0.351 e. The molecule has 3 rings (SSSR count).